The van der Waals surface area contributed by atoms with Gasteiger partial charge in [0.1, 0.15) is 0 Å². The smallest absolute Gasteiger partial charge is 0.0570 e. The van der Waals surface area contributed by atoms with Gasteiger partial charge in [0.05, 0.1) is 6.17 Å². The molecule has 6 nitrogen and oxygen atoms in total. The number of nitrogens with two attached hydrogens (primary N) is 3. The summed E-state index contributed by atoms with van der Waals surface area (Å²) in [5.41, 5.74) is 16.4. The van der Waals surface area contributed by atoms with Crippen LogP contribution in [0, 0.1) is 0 Å². The minimum atomic E-state index is 0.280. The molecule has 8 N–H and O–H groups in total. The molecule has 1 unspecified atom stereocenters. The molecule has 1 saturated heterocycles. The molecule has 0 aromatic heterocycles. The van der Waals surface area contributed by atoms with E-state index in [2.05, 4.69) is 22.5 Å². The topological polar surface area (TPSA) is 105 Å². The lowest BCUT2D eigenvalue weighted by Gasteiger charge is -2.31. The van der Waals surface area contributed by atoms with Crippen LogP contribution in [0.4, 0.5) is 0 Å². The van der Waals surface area contributed by atoms with E-state index >= 15 is 0 Å². The van der Waals surface area contributed by atoms with Crippen LogP contribution in [0.3, 0.4) is 0 Å². The third-order valence-corrected chi connectivity index (χ3v) is 3.15. The van der Waals surface area contributed by atoms with Crippen LogP contribution in [-0.2, 0) is 0 Å². The van der Waals surface area contributed by atoms with Gasteiger partial charge in [-0.2, -0.15) is 0 Å². The first-order chi connectivity index (χ1) is 9.26. The first-order valence-corrected chi connectivity index (χ1v) is 7.57. The summed E-state index contributed by atoms with van der Waals surface area (Å²) in [6.07, 6.45) is 3.46. The Kier molecular flexibility index (Phi) is 14.0. The Morgan fingerprint density at radius 2 is 1.63 bits per heavy atom. The summed E-state index contributed by atoms with van der Waals surface area (Å²) in [7, 11) is 0. The second-order valence-electron chi connectivity index (χ2n) is 4.80. The first-order valence-electron chi connectivity index (χ1n) is 7.57. The molecule has 0 radical (unpaired) electrons. The monoisotopic (exact) mass is 274 g/mol. The fraction of sp³-hybridized carbons (Fsp3) is 1.00. The summed E-state index contributed by atoms with van der Waals surface area (Å²) in [4.78, 5) is 2.33. The van der Waals surface area contributed by atoms with Crippen molar-refractivity contribution in [1.82, 2.24) is 15.5 Å². The normalized spacial score (nSPS) is 17.7. The Bertz CT molecular complexity index is 167. The quantitative estimate of drug-likeness (QED) is 0.358. The number of piperazine rings is 1. The molecule has 116 valence electrons. The Morgan fingerprint density at radius 3 is 2.05 bits per heavy atom. The number of hydrogen-bond donors (Lipinski definition) is 5. The highest BCUT2D eigenvalue weighted by atomic mass is 15.3. The average Bonchev–Trinajstić information content (AvgIpc) is 2.48. The lowest BCUT2D eigenvalue weighted by Crippen LogP contribution is -2.51. The molecule has 0 aliphatic carbocycles. The van der Waals surface area contributed by atoms with E-state index in [1.807, 2.05) is 0 Å². The highest BCUT2D eigenvalue weighted by Gasteiger charge is 2.13. The van der Waals surface area contributed by atoms with Gasteiger partial charge in [0.2, 0.25) is 0 Å². The van der Waals surface area contributed by atoms with Crippen molar-refractivity contribution in [3.63, 3.8) is 0 Å². The molecule has 0 aromatic rings. The second kappa shape index (κ2) is 14.2. The summed E-state index contributed by atoms with van der Waals surface area (Å²) in [5, 5.41) is 6.52. The van der Waals surface area contributed by atoms with Gasteiger partial charge in [-0.1, -0.05) is 6.92 Å². The molecule has 1 aliphatic heterocycles. The van der Waals surface area contributed by atoms with E-state index in [1.165, 1.54) is 0 Å². The van der Waals surface area contributed by atoms with Crippen LogP contribution in [-0.4, -0.2) is 63.4 Å². The minimum Gasteiger partial charge on any atom is -0.330 e. The van der Waals surface area contributed by atoms with Crippen molar-refractivity contribution < 1.29 is 0 Å². The molecule has 0 amide bonds. The Morgan fingerprint density at radius 1 is 1.11 bits per heavy atom. The summed E-state index contributed by atoms with van der Waals surface area (Å²) >= 11 is 0. The first kappa shape index (κ1) is 18.8. The number of rotatable bonds is 8. The highest BCUT2D eigenvalue weighted by Crippen LogP contribution is 1.98. The molecule has 0 aromatic carbocycles. The molecular formula is C13H34N6. The zero-order valence-electron chi connectivity index (χ0n) is 12.5. The summed E-state index contributed by atoms with van der Waals surface area (Å²) in [5.74, 6) is 0. The van der Waals surface area contributed by atoms with Gasteiger partial charge in [-0.3, -0.25) is 4.90 Å². The van der Waals surface area contributed by atoms with Gasteiger partial charge in [0.25, 0.3) is 0 Å². The lowest BCUT2D eigenvalue weighted by atomic mass is 10.3. The Hall–Kier alpha value is -0.240. The van der Waals surface area contributed by atoms with Gasteiger partial charge < -0.3 is 27.8 Å². The SMILES string of the molecule is CCC(N)N1CCNCC1.NCCCNCCCN. The van der Waals surface area contributed by atoms with Crippen molar-refractivity contribution in [3.8, 4) is 0 Å². The molecule has 0 bridgehead atoms. The minimum absolute atomic E-state index is 0.280. The molecule has 6 heteroatoms. The van der Waals surface area contributed by atoms with E-state index in [0.717, 1.165) is 71.6 Å². The lowest BCUT2D eigenvalue weighted by molar-refractivity contribution is 0.172. The van der Waals surface area contributed by atoms with Crippen LogP contribution in [0.25, 0.3) is 0 Å². The van der Waals surface area contributed by atoms with E-state index in [4.69, 9.17) is 17.2 Å². The van der Waals surface area contributed by atoms with E-state index in [0.29, 0.717) is 0 Å². The maximum Gasteiger partial charge on any atom is 0.0570 e. The second-order valence-corrected chi connectivity index (χ2v) is 4.80. The standard InChI is InChI=1S/C7H17N3.C6H17N3/c1-2-7(8)10-5-3-9-4-6-10;7-3-1-5-9-6-2-4-8/h7,9H,2-6,8H2,1H3;9H,1-8H2. The molecule has 0 spiro atoms. The molecule has 1 heterocycles. The zero-order valence-corrected chi connectivity index (χ0v) is 12.5. The molecule has 1 fully saturated rings. The van der Waals surface area contributed by atoms with Crippen LogP contribution in [0.15, 0.2) is 0 Å². The van der Waals surface area contributed by atoms with Crippen molar-refractivity contribution in [2.24, 2.45) is 17.2 Å². The van der Waals surface area contributed by atoms with E-state index < -0.39 is 0 Å². The van der Waals surface area contributed by atoms with Crippen LogP contribution in [0.1, 0.15) is 26.2 Å². The van der Waals surface area contributed by atoms with Crippen LogP contribution in [0.5, 0.6) is 0 Å². The molecular weight excluding hydrogens is 240 g/mol. The number of nitrogens with one attached hydrogen (secondary N) is 2. The third kappa shape index (κ3) is 11.3. The van der Waals surface area contributed by atoms with Gasteiger partial charge in [0, 0.05) is 26.2 Å². The maximum absolute atomic E-state index is 5.85. The van der Waals surface area contributed by atoms with Gasteiger partial charge in [0.15, 0.2) is 0 Å². The van der Waals surface area contributed by atoms with Crippen LogP contribution in [0.2, 0.25) is 0 Å². The van der Waals surface area contributed by atoms with Gasteiger partial charge in [-0.25, -0.2) is 0 Å². The largest absolute Gasteiger partial charge is 0.330 e. The predicted molar refractivity (Wildman–Crippen MR) is 82.9 cm³/mol. The fourth-order valence-electron chi connectivity index (χ4n) is 1.85. The zero-order chi connectivity index (χ0) is 14.3. The Labute approximate surface area is 118 Å². The molecule has 1 rings (SSSR count). The van der Waals surface area contributed by atoms with Crippen molar-refractivity contribution in [1.29, 1.82) is 0 Å². The van der Waals surface area contributed by atoms with Crippen molar-refractivity contribution in [3.05, 3.63) is 0 Å². The van der Waals surface area contributed by atoms with Crippen LogP contribution < -0.4 is 27.8 Å². The number of nitrogens with zero attached hydrogens (tertiary/aromatic N) is 1. The van der Waals surface area contributed by atoms with Crippen LogP contribution >= 0.6 is 0 Å². The van der Waals surface area contributed by atoms with Gasteiger partial charge in [-0.05, 0) is 45.4 Å². The summed E-state index contributed by atoms with van der Waals surface area (Å²) in [6, 6.07) is 0. The van der Waals surface area contributed by atoms with E-state index in [-0.39, 0.29) is 6.17 Å². The fourth-order valence-corrected chi connectivity index (χ4v) is 1.85. The Balaban J connectivity index is 0.000000344. The van der Waals surface area contributed by atoms with E-state index in [1.54, 1.807) is 0 Å². The van der Waals surface area contributed by atoms with Gasteiger partial charge in [-0.15, -0.1) is 0 Å². The average molecular weight is 274 g/mol. The predicted octanol–water partition coefficient (Wildman–Crippen LogP) is -1.14. The van der Waals surface area contributed by atoms with E-state index in [9.17, 15) is 0 Å². The summed E-state index contributed by atoms with van der Waals surface area (Å²) < 4.78 is 0. The van der Waals surface area contributed by atoms with Gasteiger partial charge >= 0.3 is 0 Å². The van der Waals surface area contributed by atoms with Crippen molar-refractivity contribution in [2.75, 3.05) is 52.4 Å². The molecule has 19 heavy (non-hydrogen) atoms. The third-order valence-electron chi connectivity index (χ3n) is 3.15. The molecule has 0 saturated carbocycles. The molecule has 1 aliphatic rings. The maximum atomic E-state index is 5.85. The van der Waals surface area contributed by atoms with Crippen molar-refractivity contribution >= 4 is 0 Å². The summed E-state index contributed by atoms with van der Waals surface area (Å²) in [6.45, 7) is 10.1. The number of hydrogen-bond acceptors (Lipinski definition) is 6. The highest BCUT2D eigenvalue weighted by molar-refractivity contribution is 4.71. The van der Waals surface area contributed by atoms with Crippen molar-refractivity contribution in [2.45, 2.75) is 32.4 Å². The molecule has 1 atom stereocenters.